The monoisotopic (exact) mass is 559 g/mol. The van der Waals surface area contributed by atoms with Crippen LogP contribution in [-0.2, 0) is 22.9 Å². The lowest BCUT2D eigenvalue weighted by Gasteiger charge is -2.19. The Kier molecular flexibility index (Phi) is 9.72. The molecule has 2 aromatic carbocycles. The predicted molar refractivity (Wildman–Crippen MR) is 153 cm³/mol. The zero-order valence-electron chi connectivity index (χ0n) is 21.3. The van der Waals surface area contributed by atoms with Crippen LogP contribution in [0, 0.1) is 0 Å². The first kappa shape index (κ1) is 27.7. The van der Waals surface area contributed by atoms with Crippen molar-refractivity contribution in [1.29, 1.82) is 0 Å². The highest BCUT2D eigenvalue weighted by molar-refractivity contribution is 7.89. The number of aromatic amines is 1. The van der Waals surface area contributed by atoms with Gasteiger partial charge in [-0.25, -0.2) is 18.1 Å². The molecule has 0 unspecified atom stereocenters. The van der Waals surface area contributed by atoms with E-state index in [2.05, 4.69) is 39.0 Å². The number of nitrogens with one attached hydrogen (secondary N) is 2. The number of aryl methyl sites for hydroxylation is 1. The van der Waals surface area contributed by atoms with Crippen molar-refractivity contribution >= 4 is 43.0 Å². The summed E-state index contributed by atoms with van der Waals surface area (Å²) in [5.74, 6) is 1.24. The molecule has 0 spiro atoms. The van der Waals surface area contributed by atoms with E-state index >= 15 is 0 Å². The summed E-state index contributed by atoms with van der Waals surface area (Å²) in [6, 6.07) is 15.4. The highest BCUT2D eigenvalue weighted by atomic mass is 35.5. The lowest BCUT2D eigenvalue weighted by Crippen LogP contribution is -2.33. The van der Waals surface area contributed by atoms with E-state index in [0.29, 0.717) is 35.9 Å². The molecule has 0 fully saturated rings. The van der Waals surface area contributed by atoms with Crippen LogP contribution in [0.25, 0.3) is 10.1 Å². The average Bonchev–Trinajstić information content (AvgIpc) is 3.52. The first-order chi connectivity index (χ1) is 17.9. The molecular weight excluding hydrogens is 526 g/mol. The second-order valence-corrected chi connectivity index (χ2v) is 12.3. The maximum Gasteiger partial charge on any atom is 0.212 e. The maximum absolute atomic E-state index is 13.0. The van der Waals surface area contributed by atoms with Crippen molar-refractivity contribution in [1.82, 2.24) is 24.8 Å². The van der Waals surface area contributed by atoms with Crippen LogP contribution in [0.1, 0.15) is 55.5 Å². The molecule has 2 heterocycles. The normalized spacial score (nSPS) is 13.0. The molecule has 0 saturated heterocycles. The number of aromatic nitrogens is 3. The van der Waals surface area contributed by atoms with E-state index in [9.17, 15) is 8.42 Å². The summed E-state index contributed by atoms with van der Waals surface area (Å²) in [4.78, 5) is 6.94. The van der Waals surface area contributed by atoms with Crippen LogP contribution in [-0.4, -0.2) is 53.9 Å². The van der Waals surface area contributed by atoms with Crippen LogP contribution in [0.4, 0.5) is 0 Å². The van der Waals surface area contributed by atoms with Crippen molar-refractivity contribution in [3.63, 3.8) is 0 Å². The largest absolute Gasteiger partial charge is 0.304 e. The minimum absolute atomic E-state index is 0.0774. The lowest BCUT2D eigenvalue weighted by atomic mass is 10.1. The molecule has 0 saturated carbocycles. The minimum Gasteiger partial charge on any atom is -0.304 e. The van der Waals surface area contributed by atoms with Gasteiger partial charge in [0.2, 0.25) is 10.0 Å². The molecule has 0 aliphatic rings. The highest BCUT2D eigenvalue weighted by Crippen LogP contribution is 2.30. The maximum atomic E-state index is 13.0. The van der Waals surface area contributed by atoms with E-state index in [1.807, 2.05) is 48.5 Å². The van der Waals surface area contributed by atoms with Crippen molar-refractivity contribution in [3.05, 3.63) is 81.7 Å². The molecule has 7 nitrogen and oxygen atoms in total. The quantitative estimate of drug-likeness (QED) is 0.210. The summed E-state index contributed by atoms with van der Waals surface area (Å²) >= 11 is 7.87. The Morgan fingerprint density at radius 1 is 1.14 bits per heavy atom. The van der Waals surface area contributed by atoms with Gasteiger partial charge in [0.25, 0.3) is 0 Å². The number of halogens is 1. The SMILES string of the molecule is CCN(CC)CCCS(=O)(=O)N[C@H](CCc1ccccc1)c1nc(Cc2csc3ccc(Cl)cc23)n[nH]1. The third-order valence-corrected chi connectivity index (χ3v) is 9.23. The van der Waals surface area contributed by atoms with Gasteiger partial charge in [-0.3, -0.25) is 5.10 Å². The number of hydrogen-bond donors (Lipinski definition) is 2. The van der Waals surface area contributed by atoms with Crippen molar-refractivity contribution < 1.29 is 8.42 Å². The van der Waals surface area contributed by atoms with E-state index in [4.69, 9.17) is 16.6 Å². The molecule has 0 aliphatic carbocycles. The Balaban J connectivity index is 1.49. The Bertz CT molecular complexity index is 1380. The highest BCUT2D eigenvalue weighted by Gasteiger charge is 2.23. The Morgan fingerprint density at radius 3 is 2.68 bits per heavy atom. The van der Waals surface area contributed by atoms with Gasteiger partial charge >= 0.3 is 0 Å². The Hall–Kier alpha value is -2.30. The number of fused-ring (bicyclic) bond motifs is 1. The number of sulfonamides is 1. The predicted octanol–water partition coefficient (Wildman–Crippen LogP) is 5.59. The van der Waals surface area contributed by atoms with Crippen LogP contribution in [0.5, 0.6) is 0 Å². The molecule has 4 aromatic rings. The van der Waals surface area contributed by atoms with Crippen LogP contribution in [0.2, 0.25) is 5.02 Å². The van der Waals surface area contributed by atoms with Gasteiger partial charge in [0.05, 0.1) is 11.8 Å². The van der Waals surface area contributed by atoms with E-state index < -0.39 is 16.1 Å². The summed E-state index contributed by atoms with van der Waals surface area (Å²) in [7, 11) is -3.50. The van der Waals surface area contributed by atoms with Crippen LogP contribution >= 0.6 is 22.9 Å². The zero-order valence-corrected chi connectivity index (χ0v) is 23.7. The van der Waals surface area contributed by atoms with Crippen LogP contribution in [0.15, 0.2) is 53.9 Å². The van der Waals surface area contributed by atoms with Gasteiger partial charge in [-0.1, -0.05) is 55.8 Å². The van der Waals surface area contributed by atoms with Crippen molar-refractivity contribution in [2.24, 2.45) is 0 Å². The van der Waals surface area contributed by atoms with Gasteiger partial charge in [0.15, 0.2) is 5.82 Å². The Labute approximate surface area is 228 Å². The fraction of sp³-hybridized carbons (Fsp3) is 0.407. The summed E-state index contributed by atoms with van der Waals surface area (Å²) in [6.45, 7) is 6.76. The van der Waals surface area contributed by atoms with Crippen LogP contribution in [0.3, 0.4) is 0 Å². The molecule has 0 aliphatic heterocycles. The number of rotatable bonds is 14. The van der Waals surface area contributed by atoms with Gasteiger partial charge in [-0.05, 0) is 79.0 Å². The lowest BCUT2D eigenvalue weighted by molar-refractivity contribution is 0.304. The molecule has 0 amide bonds. The fourth-order valence-electron chi connectivity index (χ4n) is 4.41. The molecule has 2 aromatic heterocycles. The van der Waals surface area contributed by atoms with Gasteiger partial charge < -0.3 is 4.90 Å². The van der Waals surface area contributed by atoms with Crippen molar-refractivity contribution in [2.45, 2.75) is 45.6 Å². The first-order valence-corrected chi connectivity index (χ1v) is 15.6. The minimum atomic E-state index is -3.50. The molecule has 198 valence electrons. The molecule has 0 bridgehead atoms. The van der Waals surface area contributed by atoms with Crippen LogP contribution < -0.4 is 4.72 Å². The van der Waals surface area contributed by atoms with E-state index in [-0.39, 0.29) is 5.75 Å². The third kappa shape index (κ3) is 7.85. The molecular formula is C27H34ClN5O2S2. The third-order valence-electron chi connectivity index (χ3n) is 6.51. The smallest absolute Gasteiger partial charge is 0.212 e. The Morgan fingerprint density at radius 2 is 1.92 bits per heavy atom. The number of nitrogens with zero attached hydrogens (tertiary/aromatic N) is 3. The number of hydrogen-bond acceptors (Lipinski definition) is 6. The molecule has 2 N–H and O–H groups in total. The first-order valence-electron chi connectivity index (χ1n) is 12.7. The zero-order chi connectivity index (χ0) is 26.3. The second kappa shape index (κ2) is 13.0. The topological polar surface area (TPSA) is 91.0 Å². The van der Waals surface area contributed by atoms with Gasteiger partial charge in [-0.15, -0.1) is 11.3 Å². The molecule has 4 rings (SSSR count). The van der Waals surface area contributed by atoms with Gasteiger partial charge in [0, 0.05) is 16.1 Å². The molecule has 37 heavy (non-hydrogen) atoms. The van der Waals surface area contributed by atoms with Crippen molar-refractivity contribution in [3.8, 4) is 0 Å². The van der Waals surface area contributed by atoms with Gasteiger partial charge in [0.1, 0.15) is 5.82 Å². The van der Waals surface area contributed by atoms with E-state index in [1.54, 1.807) is 11.3 Å². The summed E-state index contributed by atoms with van der Waals surface area (Å²) in [6.07, 6.45) is 2.42. The number of H-pyrrole nitrogens is 1. The molecule has 0 radical (unpaired) electrons. The van der Waals surface area contributed by atoms with E-state index in [0.717, 1.165) is 47.3 Å². The molecule has 1 atom stereocenters. The fourth-order valence-corrected chi connectivity index (χ4v) is 6.81. The van der Waals surface area contributed by atoms with Gasteiger partial charge in [-0.2, -0.15) is 5.10 Å². The average molecular weight is 560 g/mol. The van der Waals surface area contributed by atoms with Crippen molar-refractivity contribution in [2.75, 3.05) is 25.4 Å². The molecule has 10 heteroatoms. The van der Waals surface area contributed by atoms with E-state index in [1.165, 1.54) is 0 Å². The number of thiophene rings is 1. The second-order valence-electron chi connectivity index (χ2n) is 9.11. The standard InChI is InChI=1S/C27H34ClN5O2S2/c1-3-33(4-2)15-8-16-37(34,35)32-24(13-11-20-9-6-5-7-10-20)27-29-26(30-31-27)17-21-19-36-25-14-12-22(28)18-23(21)25/h5-7,9-10,12,14,18-19,24,32H,3-4,8,11,13,15-17H2,1-2H3,(H,29,30,31)/t24-/m1/s1. The number of benzene rings is 2. The summed E-state index contributed by atoms with van der Waals surface area (Å²) in [5, 5.41) is 11.3. The summed E-state index contributed by atoms with van der Waals surface area (Å²) < 4.78 is 30.1. The summed E-state index contributed by atoms with van der Waals surface area (Å²) in [5.41, 5.74) is 2.25.